The van der Waals surface area contributed by atoms with Crippen molar-refractivity contribution in [3.05, 3.63) is 11.8 Å². The molecule has 1 saturated carbocycles. The van der Waals surface area contributed by atoms with Crippen LogP contribution in [-0.4, -0.2) is 35.5 Å². The summed E-state index contributed by atoms with van der Waals surface area (Å²) in [7, 11) is 1.64. The van der Waals surface area contributed by atoms with E-state index < -0.39 is 0 Å². The second kappa shape index (κ2) is 4.80. The molecule has 2 unspecified atom stereocenters. The average molecular weight is 251 g/mol. The van der Waals surface area contributed by atoms with Gasteiger partial charge in [0.15, 0.2) is 5.82 Å². The molecule has 1 aromatic rings. The summed E-state index contributed by atoms with van der Waals surface area (Å²) in [4.78, 5) is 24.9. The largest absolute Gasteiger partial charge is 0.360 e. The third kappa shape index (κ3) is 2.88. The summed E-state index contributed by atoms with van der Waals surface area (Å²) < 4.78 is 4.83. The normalized spacial score (nSPS) is 21.5. The van der Waals surface area contributed by atoms with E-state index in [0.717, 1.165) is 6.42 Å². The van der Waals surface area contributed by atoms with E-state index in [1.165, 1.54) is 4.90 Å². The van der Waals surface area contributed by atoms with Gasteiger partial charge in [-0.15, -0.1) is 0 Å². The van der Waals surface area contributed by atoms with Crippen LogP contribution >= 0.6 is 0 Å². The maximum Gasteiger partial charge on any atom is 0.245 e. The molecule has 0 radical (unpaired) electrons. The number of aryl methyl sites for hydroxylation is 1. The van der Waals surface area contributed by atoms with Crippen molar-refractivity contribution in [3.8, 4) is 0 Å². The third-order valence-electron chi connectivity index (χ3n) is 3.08. The van der Waals surface area contributed by atoms with Gasteiger partial charge in [-0.3, -0.25) is 9.59 Å². The average Bonchev–Trinajstić information content (AvgIpc) is 2.88. The molecule has 0 saturated heterocycles. The predicted molar refractivity (Wildman–Crippen MR) is 64.8 cm³/mol. The molecule has 0 bridgehead atoms. The molecule has 0 aliphatic heterocycles. The number of nitrogens with zero attached hydrogens (tertiary/aromatic N) is 2. The van der Waals surface area contributed by atoms with Crippen LogP contribution in [0.5, 0.6) is 0 Å². The van der Waals surface area contributed by atoms with Crippen LogP contribution in [0.25, 0.3) is 0 Å². The van der Waals surface area contributed by atoms with Crippen molar-refractivity contribution in [2.75, 3.05) is 18.9 Å². The first kappa shape index (κ1) is 12.6. The SMILES string of the molecule is Cc1cc(NC(=O)CN(C)C(=O)C2CC2C)no1. The van der Waals surface area contributed by atoms with Crippen LogP contribution in [0, 0.1) is 18.8 Å². The van der Waals surface area contributed by atoms with E-state index in [4.69, 9.17) is 4.52 Å². The number of likely N-dealkylation sites (N-methyl/N-ethyl adjacent to an activating group) is 1. The van der Waals surface area contributed by atoms with Crippen LogP contribution in [0.2, 0.25) is 0 Å². The van der Waals surface area contributed by atoms with Gasteiger partial charge in [-0.2, -0.15) is 0 Å². The Morgan fingerprint density at radius 3 is 2.78 bits per heavy atom. The van der Waals surface area contributed by atoms with Crippen molar-refractivity contribution in [1.82, 2.24) is 10.1 Å². The number of carbonyl (C=O) groups is 2. The molecule has 1 aromatic heterocycles. The quantitative estimate of drug-likeness (QED) is 0.867. The van der Waals surface area contributed by atoms with Crippen LogP contribution in [0.4, 0.5) is 5.82 Å². The van der Waals surface area contributed by atoms with Crippen LogP contribution in [0.1, 0.15) is 19.1 Å². The van der Waals surface area contributed by atoms with Crippen molar-refractivity contribution in [1.29, 1.82) is 0 Å². The molecule has 2 atom stereocenters. The molecule has 0 spiro atoms. The van der Waals surface area contributed by atoms with E-state index in [0.29, 0.717) is 17.5 Å². The van der Waals surface area contributed by atoms with Gasteiger partial charge in [-0.25, -0.2) is 0 Å². The molecule has 6 nitrogen and oxygen atoms in total. The summed E-state index contributed by atoms with van der Waals surface area (Å²) in [5.41, 5.74) is 0. The van der Waals surface area contributed by atoms with Crippen LogP contribution in [0.3, 0.4) is 0 Å². The first-order chi connectivity index (χ1) is 8.47. The highest BCUT2D eigenvalue weighted by Gasteiger charge is 2.40. The molecule has 2 rings (SSSR count). The van der Waals surface area contributed by atoms with Crippen molar-refractivity contribution >= 4 is 17.6 Å². The summed E-state index contributed by atoms with van der Waals surface area (Å²) in [6.07, 6.45) is 0.924. The molecule has 1 aliphatic carbocycles. The Morgan fingerprint density at radius 1 is 1.61 bits per heavy atom. The Labute approximate surface area is 105 Å². The van der Waals surface area contributed by atoms with Gasteiger partial charge >= 0.3 is 0 Å². The van der Waals surface area contributed by atoms with Gasteiger partial charge in [-0.05, 0) is 19.3 Å². The zero-order valence-corrected chi connectivity index (χ0v) is 10.8. The topological polar surface area (TPSA) is 75.4 Å². The smallest absolute Gasteiger partial charge is 0.245 e. The van der Waals surface area contributed by atoms with Crippen LogP contribution in [-0.2, 0) is 9.59 Å². The zero-order chi connectivity index (χ0) is 13.3. The van der Waals surface area contributed by atoms with E-state index in [2.05, 4.69) is 10.5 Å². The molecule has 18 heavy (non-hydrogen) atoms. The van der Waals surface area contributed by atoms with Gasteiger partial charge in [0, 0.05) is 19.0 Å². The standard InChI is InChI=1S/C12H17N3O3/c1-7-4-9(7)12(17)15(3)6-11(16)13-10-5-8(2)18-14-10/h5,7,9H,4,6H2,1-3H3,(H,13,14,16). The molecule has 98 valence electrons. The Hall–Kier alpha value is -1.85. The number of rotatable bonds is 4. The van der Waals surface area contributed by atoms with Gasteiger partial charge in [0.2, 0.25) is 11.8 Å². The van der Waals surface area contributed by atoms with Crippen LogP contribution < -0.4 is 5.32 Å². The lowest BCUT2D eigenvalue weighted by Crippen LogP contribution is -2.36. The van der Waals surface area contributed by atoms with E-state index in [9.17, 15) is 9.59 Å². The van der Waals surface area contributed by atoms with Crippen LogP contribution in [0.15, 0.2) is 10.6 Å². The molecule has 6 heteroatoms. The highest BCUT2D eigenvalue weighted by atomic mass is 16.5. The first-order valence-corrected chi connectivity index (χ1v) is 5.95. The molecular formula is C12H17N3O3. The van der Waals surface area contributed by atoms with Gasteiger partial charge in [0.25, 0.3) is 0 Å². The zero-order valence-electron chi connectivity index (χ0n) is 10.8. The molecule has 1 fully saturated rings. The van der Waals surface area contributed by atoms with E-state index in [-0.39, 0.29) is 24.3 Å². The summed E-state index contributed by atoms with van der Waals surface area (Å²) in [5.74, 6) is 1.31. The number of hydrogen-bond acceptors (Lipinski definition) is 4. The fourth-order valence-electron chi connectivity index (χ4n) is 1.85. The predicted octanol–water partition coefficient (Wildman–Crippen LogP) is 1.04. The maximum atomic E-state index is 11.8. The van der Waals surface area contributed by atoms with Crippen molar-refractivity contribution in [2.45, 2.75) is 20.3 Å². The number of hydrogen-bond donors (Lipinski definition) is 1. The molecule has 0 aromatic carbocycles. The Kier molecular flexibility index (Phi) is 3.36. The lowest BCUT2D eigenvalue weighted by Gasteiger charge is -2.16. The highest BCUT2D eigenvalue weighted by molar-refractivity contribution is 5.94. The van der Waals surface area contributed by atoms with Crippen molar-refractivity contribution in [3.63, 3.8) is 0 Å². The van der Waals surface area contributed by atoms with Crippen molar-refractivity contribution < 1.29 is 14.1 Å². The summed E-state index contributed by atoms with van der Waals surface area (Å²) >= 11 is 0. The minimum atomic E-state index is -0.271. The number of carbonyl (C=O) groups excluding carboxylic acids is 2. The number of anilines is 1. The Morgan fingerprint density at radius 2 is 2.28 bits per heavy atom. The minimum absolute atomic E-state index is 0.0357. The molecular weight excluding hydrogens is 234 g/mol. The van der Waals surface area contributed by atoms with Gasteiger partial charge in [0.1, 0.15) is 5.76 Å². The number of aromatic nitrogens is 1. The summed E-state index contributed by atoms with van der Waals surface area (Å²) in [5, 5.41) is 6.24. The van der Waals surface area contributed by atoms with E-state index in [1.807, 2.05) is 6.92 Å². The second-order valence-electron chi connectivity index (χ2n) is 4.88. The van der Waals surface area contributed by atoms with Gasteiger partial charge in [-0.1, -0.05) is 12.1 Å². The van der Waals surface area contributed by atoms with E-state index >= 15 is 0 Å². The fraction of sp³-hybridized carbons (Fsp3) is 0.583. The minimum Gasteiger partial charge on any atom is -0.360 e. The molecule has 1 heterocycles. The summed E-state index contributed by atoms with van der Waals surface area (Å²) in [6.45, 7) is 3.81. The molecule has 1 aliphatic rings. The molecule has 1 N–H and O–H groups in total. The number of nitrogens with one attached hydrogen (secondary N) is 1. The Balaban J connectivity index is 1.82. The second-order valence-corrected chi connectivity index (χ2v) is 4.88. The first-order valence-electron chi connectivity index (χ1n) is 5.95. The maximum absolute atomic E-state index is 11.8. The van der Waals surface area contributed by atoms with Crippen molar-refractivity contribution in [2.24, 2.45) is 11.8 Å². The lowest BCUT2D eigenvalue weighted by molar-refractivity contribution is -0.134. The number of amides is 2. The Bertz CT molecular complexity index is 469. The van der Waals surface area contributed by atoms with Gasteiger partial charge < -0.3 is 14.7 Å². The lowest BCUT2D eigenvalue weighted by atomic mass is 10.3. The summed E-state index contributed by atoms with van der Waals surface area (Å²) in [6, 6.07) is 1.63. The third-order valence-corrected chi connectivity index (χ3v) is 3.08. The van der Waals surface area contributed by atoms with Gasteiger partial charge in [0.05, 0.1) is 6.54 Å². The fourth-order valence-corrected chi connectivity index (χ4v) is 1.85. The highest BCUT2D eigenvalue weighted by Crippen LogP contribution is 2.38. The van der Waals surface area contributed by atoms with E-state index in [1.54, 1.807) is 20.0 Å². The molecule has 2 amide bonds. The monoisotopic (exact) mass is 251 g/mol.